The molecular formula is C16H25NO3. The number of benzene rings is 1. The lowest BCUT2D eigenvalue weighted by Crippen LogP contribution is -2.30. The fourth-order valence-electron chi connectivity index (χ4n) is 2.81. The molecule has 1 aromatic rings. The van der Waals surface area contributed by atoms with Crippen molar-refractivity contribution in [2.24, 2.45) is 5.92 Å². The van der Waals surface area contributed by atoms with Crippen LogP contribution in [0.15, 0.2) is 12.1 Å². The summed E-state index contributed by atoms with van der Waals surface area (Å²) >= 11 is 0. The molecule has 1 fully saturated rings. The highest BCUT2D eigenvalue weighted by Gasteiger charge is 2.20. The van der Waals surface area contributed by atoms with Gasteiger partial charge in [0, 0.05) is 0 Å². The fourth-order valence-corrected chi connectivity index (χ4v) is 2.81. The normalized spacial score (nSPS) is 18.6. The second-order valence-electron chi connectivity index (χ2n) is 5.14. The number of hydrogen-bond donors (Lipinski definition) is 1. The van der Waals surface area contributed by atoms with Crippen LogP contribution in [-0.2, 0) is 6.42 Å². The number of rotatable bonds is 6. The highest BCUT2D eigenvalue weighted by Crippen LogP contribution is 2.41. The Morgan fingerprint density at radius 1 is 1.20 bits per heavy atom. The van der Waals surface area contributed by atoms with Gasteiger partial charge in [0.05, 0.1) is 20.8 Å². The van der Waals surface area contributed by atoms with Crippen molar-refractivity contribution in [2.75, 3.05) is 33.9 Å². The highest BCUT2D eigenvalue weighted by atomic mass is 16.5. The Bertz CT molecular complexity index is 428. The van der Waals surface area contributed by atoms with Gasteiger partial charge in [0.25, 0.3) is 0 Å². The third-order valence-corrected chi connectivity index (χ3v) is 3.78. The van der Waals surface area contributed by atoms with Crippen molar-refractivity contribution in [3.05, 3.63) is 17.7 Å². The monoisotopic (exact) mass is 279 g/mol. The molecule has 1 N–H and O–H groups in total. The van der Waals surface area contributed by atoms with E-state index in [1.807, 2.05) is 13.0 Å². The smallest absolute Gasteiger partial charge is 0.203 e. The van der Waals surface area contributed by atoms with Gasteiger partial charge in [-0.25, -0.2) is 0 Å². The fraction of sp³-hybridized carbons (Fsp3) is 0.625. The molecule has 20 heavy (non-hydrogen) atoms. The third kappa shape index (κ3) is 3.37. The van der Waals surface area contributed by atoms with Gasteiger partial charge in [0.1, 0.15) is 0 Å². The average Bonchev–Trinajstić information content (AvgIpc) is 2.49. The summed E-state index contributed by atoms with van der Waals surface area (Å²) in [6, 6.07) is 4.06. The summed E-state index contributed by atoms with van der Waals surface area (Å²) in [5.41, 5.74) is 1.21. The van der Waals surface area contributed by atoms with Crippen molar-refractivity contribution in [3.63, 3.8) is 0 Å². The van der Waals surface area contributed by atoms with Crippen molar-refractivity contribution in [2.45, 2.75) is 26.2 Å². The molecule has 1 atom stereocenters. The van der Waals surface area contributed by atoms with Crippen LogP contribution in [0.25, 0.3) is 0 Å². The van der Waals surface area contributed by atoms with E-state index >= 15 is 0 Å². The Morgan fingerprint density at radius 2 is 2.05 bits per heavy atom. The zero-order valence-electron chi connectivity index (χ0n) is 12.7. The largest absolute Gasteiger partial charge is 0.493 e. The summed E-state index contributed by atoms with van der Waals surface area (Å²) in [5.74, 6) is 2.93. The molecule has 0 aromatic heterocycles. The molecule has 0 radical (unpaired) electrons. The lowest BCUT2D eigenvalue weighted by atomic mass is 9.91. The molecule has 1 heterocycles. The van der Waals surface area contributed by atoms with Gasteiger partial charge in [0.2, 0.25) is 5.75 Å². The van der Waals surface area contributed by atoms with Crippen molar-refractivity contribution in [1.29, 1.82) is 0 Å². The molecule has 0 bridgehead atoms. The van der Waals surface area contributed by atoms with Crippen LogP contribution in [0.2, 0.25) is 0 Å². The third-order valence-electron chi connectivity index (χ3n) is 3.78. The maximum atomic E-state index is 5.82. The van der Waals surface area contributed by atoms with Crippen molar-refractivity contribution < 1.29 is 14.2 Å². The molecule has 0 aliphatic carbocycles. The molecule has 1 saturated heterocycles. The Balaban J connectivity index is 2.25. The van der Waals surface area contributed by atoms with E-state index in [2.05, 4.69) is 11.4 Å². The molecule has 4 heteroatoms. The molecule has 1 aliphatic heterocycles. The topological polar surface area (TPSA) is 39.7 Å². The number of ether oxygens (including phenoxy) is 3. The summed E-state index contributed by atoms with van der Waals surface area (Å²) < 4.78 is 16.7. The molecule has 0 spiro atoms. The predicted molar refractivity (Wildman–Crippen MR) is 80.0 cm³/mol. The summed E-state index contributed by atoms with van der Waals surface area (Å²) in [5, 5.41) is 3.46. The number of methoxy groups -OCH3 is 2. The van der Waals surface area contributed by atoms with Crippen LogP contribution in [0.4, 0.5) is 0 Å². The number of piperidine rings is 1. The van der Waals surface area contributed by atoms with Crippen LogP contribution in [0.3, 0.4) is 0 Å². The number of hydrogen-bond acceptors (Lipinski definition) is 4. The summed E-state index contributed by atoms with van der Waals surface area (Å²) in [7, 11) is 3.31. The highest BCUT2D eigenvalue weighted by molar-refractivity contribution is 5.56. The van der Waals surface area contributed by atoms with Crippen LogP contribution < -0.4 is 19.5 Å². The van der Waals surface area contributed by atoms with E-state index in [4.69, 9.17) is 14.2 Å². The molecule has 0 saturated carbocycles. The SMILES string of the molecule is CCOc1c(CC2CCCNC2)ccc(OC)c1OC. The molecule has 4 nitrogen and oxygen atoms in total. The standard InChI is InChI=1S/C16H25NO3/c1-4-20-15-13(10-12-6-5-9-17-11-12)7-8-14(18-2)16(15)19-3/h7-8,12,17H,4-6,9-11H2,1-3H3. The maximum Gasteiger partial charge on any atom is 0.203 e. The van der Waals surface area contributed by atoms with Crippen molar-refractivity contribution >= 4 is 0 Å². The first-order chi connectivity index (χ1) is 9.80. The van der Waals surface area contributed by atoms with Gasteiger partial charge in [-0.1, -0.05) is 6.07 Å². The second kappa shape index (κ2) is 7.39. The molecule has 1 aromatic carbocycles. The van der Waals surface area contributed by atoms with E-state index in [0.29, 0.717) is 18.3 Å². The maximum absolute atomic E-state index is 5.82. The zero-order chi connectivity index (χ0) is 14.4. The van der Waals surface area contributed by atoms with E-state index in [9.17, 15) is 0 Å². The average molecular weight is 279 g/mol. The first kappa shape index (κ1) is 15.0. The van der Waals surface area contributed by atoms with Crippen LogP contribution in [0.5, 0.6) is 17.2 Å². The van der Waals surface area contributed by atoms with Gasteiger partial charge in [-0.3, -0.25) is 0 Å². The lowest BCUT2D eigenvalue weighted by molar-refractivity contribution is 0.290. The van der Waals surface area contributed by atoms with E-state index < -0.39 is 0 Å². The Hall–Kier alpha value is -1.42. The minimum Gasteiger partial charge on any atom is -0.493 e. The predicted octanol–water partition coefficient (Wildman–Crippen LogP) is 2.64. The first-order valence-corrected chi connectivity index (χ1v) is 7.37. The van der Waals surface area contributed by atoms with Crippen molar-refractivity contribution in [1.82, 2.24) is 5.32 Å². The summed E-state index contributed by atoms with van der Waals surface area (Å²) in [4.78, 5) is 0. The van der Waals surface area contributed by atoms with Crippen molar-refractivity contribution in [3.8, 4) is 17.2 Å². The zero-order valence-corrected chi connectivity index (χ0v) is 12.7. The van der Waals surface area contributed by atoms with Gasteiger partial charge in [-0.2, -0.15) is 0 Å². The van der Waals surface area contributed by atoms with Gasteiger partial charge >= 0.3 is 0 Å². The van der Waals surface area contributed by atoms with Crippen LogP contribution in [0, 0.1) is 5.92 Å². The second-order valence-corrected chi connectivity index (χ2v) is 5.14. The minimum atomic E-state index is 0.624. The molecule has 1 unspecified atom stereocenters. The van der Waals surface area contributed by atoms with E-state index in [1.165, 1.54) is 18.4 Å². The number of nitrogens with one attached hydrogen (secondary N) is 1. The Morgan fingerprint density at radius 3 is 2.65 bits per heavy atom. The Labute approximate surface area is 121 Å². The van der Waals surface area contributed by atoms with Gasteiger partial charge in [-0.15, -0.1) is 0 Å². The van der Waals surface area contributed by atoms with Gasteiger partial charge in [-0.05, 0) is 56.8 Å². The molecule has 2 rings (SSSR count). The summed E-state index contributed by atoms with van der Waals surface area (Å²) in [6.07, 6.45) is 3.54. The summed E-state index contributed by atoms with van der Waals surface area (Å²) in [6.45, 7) is 4.84. The quantitative estimate of drug-likeness (QED) is 0.869. The van der Waals surface area contributed by atoms with Crippen LogP contribution in [0.1, 0.15) is 25.3 Å². The molecule has 112 valence electrons. The first-order valence-electron chi connectivity index (χ1n) is 7.37. The van der Waals surface area contributed by atoms with E-state index in [1.54, 1.807) is 14.2 Å². The molecule has 1 aliphatic rings. The molecule has 0 amide bonds. The minimum absolute atomic E-state index is 0.624. The van der Waals surface area contributed by atoms with Crippen LogP contribution >= 0.6 is 0 Å². The van der Waals surface area contributed by atoms with E-state index in [-0.39, 0.29) is 0 Å². The lowest BCUT2D eigenvalue weighted by Gasteiger charge is -2.24. The van der Waals surface area contributed by atoms with Gasteiger partial charge in [0.15, 0.2) is 11.5 Å². The van der Waals surface area contributed by atoms with E-state index in [0.717, 1.165) is 31.0 Å². The molecular weight excluding hydrogens is 254 g/mol. The van der Waals surface area contributed by atoms with Crippen LogP contribution in [-0.4, -0.2) is 33.9 Å². The van der Waals surface area contributed by atoms with Gasteiger partial charge < -0.3 is 19.5 Å². The Kier molecular flexibility index (Phi) is 5.53.